The number of aryl methyl sites for hydroxylation is 1. The number of ether oxygens (including phenoxy) is 1. The zero-order valence-electron chi connectivity index (χ0n) is 17.4. The largest absolute Gasteiger partial charge is 0.450 e. The number of halogens is 1. The number of anilines is 1. The fraction of sp³-hybridized carbons (Fsp3) is 0.522. The van der Waals surface area contributed by atoms with Crippen molar-refractivity contribution in [2.45, 2.75) is 70.4 Å². The van der Waals surface area contributed by atoms with E-state index in [0.717, 1.165) is 55.7 Å². The van der Waals surface area contributed by atoms with Gasteiger partial charge in [-0.3, -0.25) is 0 Å². The van der Waals surface area contributed by atoms with Crippen molar-refractivity contribution in [2.75, 3.05) is 11.9 Å². The first kappa shape index (κ1) is 20.9. The molecule has 0 atom stereocenters. The molecule has 0 bridgehead atoms. The molecule has 160 valence electrons. The van der Waals surface area contributed by atoms with Crippen LogP contribution in [-0.4, -0.2) is 34.8 Å². The first-order chi connectivity index (χ1) is 14.6. The summed E-state index contributed by atoms with van der Waals surface area (Å²) in [6.07, 6.45) is 7.93. The summed E-state index contributed by atoms with van der Waals surface area (Å²) in [7, 11) is 0. The zero-order chi connectivity index (χ0) is 20.9. The summed E-state index contributed by atoms with van der Waals surface area (Å²) in [5.74, 6) is 1.74. The van der Waals surface area contributed by atoms with Crippen LogP contribution in [0, 0.1) is 0 Å². The summed E-state index contributed by atoms with van der Waals surface area (Å²) in [6.45, 7) is 2.22. The summed E-state index contributed by atoms with van der Waals surface area (Å²) in [4.78, 5) is 21.5. The lowest BCUT2D eigenvalue weighted by molar-refractivity contribution is 0.144. The smallest absolute Gasteiger partial charge is 0.407 e. The zero-order valence-corrected chi connectivity index (χ0v) is 18.2. The van der Waals surface area contributed by atoms with E-state index in [2.05, 4.69) is 10.6 Å². The molecule has 0 unspecified atom stereocenters. The molecular formula is C23H29ClN4O2. The first-order valence-corrected chi connectivity index (χ1v) is 11.4. The molecule has 4 rings (SSSR count). The molecule has 2 N–H and O–H groups in total. The van der Waals surface area contributed by atoms with E-state index in [1.807, 2.05) is 31.2 Å². The lowest BCUT2D eigenvalue weighted by Crippen LogP contribution is -2.40. The molecular weight excluding hydrogens is 400 g/mol. The van der Waals surface area contributed by atoms with E-state index >= 15 is 0 Å². The van der Waals surface area contributed by atoms with Crippen LogP contribution in [0.4, 0.5) is 10.6 Å². The maximum absolute atomic E-state index is 11.7. The van der Waals surface area contributed by atoms with Gasteiger partial charge in [0.25, 0.3) is 0 Å². The second-order valence-electron chi connectivity index (χ2n) is 8.09. The number of rotatable bonds is 5. The fourth-order valence-electron chi connectivity index (χ4n) is 4.36. The van der Waals surface area contributed by atoms with Crippen molar-refractivity contribution in [3.8, 4) is 11.4 Å². The van der Waals surface area contributed by atoms with Crippen molar-refractivity contribution < 1.29 is 9.53 Å². The second-order valence-corrected chi connectivity index (χ2v) is 8.53. The molecule has 0 saturated heterocycles. The Morgan fingerprint density at radius 3 is 2.50 bits per heavy atom. The Hall–Kier alpha value is -2.34. The highest BCUT2D eigenvalue weighted by Crippen LogP contribution is 2.31. The minimum atomic E-state index is -0.314. The average molecular weight is 429 g/mol. The highest BCUT2D eigenvalue weighted by molar-refractivity contribution is 6.30. The SMILES string of the molecule is CCOC(=O)N[C@H]1CC[C@H](Nc2nc(-c3ccc(Cl)cc3)nc3c2CCCC3)CC1. The molecule has 7 heteroatoms. The van der Waals surface area contributed by atoms with Crippen molar-refractivity contribution in [1.82, 2.24) is 15.3 Å². The fourth-order valence-corrected chi connectivity index (χ4v) is 4.48. The standard InChI is InChI=1S/C23H29ClN4O2/c1-2-30-23(29)26-18-13-11-17(12-14-18)25-22-19-5-3-4-6-20(19)27-21(28-22)15-7-9-16(24)10-8-15/h7-10,17-18H,2-6,11-14H2,1H3,(H,26,29)(H,25,27,28)/t17-,18-. The van der Waals surface area contributed by atoms with Crippen LogP contribution in [0.25, 0.3) is 11.4 Å². The minimum Gasteiger partial charge on any atom is -0.450 e. The Morgan fingerprint density at radius 1 is 1.07 bits per heavy atom. The Labute approximate surface area is 182 Å². The van der Waals surface area contributed by atoms with Gasteiger partial charge >= 0.3 is 6.09 Å². The summed E-state index contributed by atoms with van der Waals surface area (Å²) < 4.78 is 5.00. The topological polar surface area (TPSA) is 76.1 Å². The maximum atomic E-state index is 11.7. The van der Waals surface area contributed by atoms with Crippen molar-refractivity contribution in [3.05, 3.63) is 40.5 Å². The van der Waals surface area contributed by atoms with Crippen LogP contribution in [0.3, 0.4) is 0 Å². The number of nitrogens with one attached hydrogen (secondary N) is 2. The van der Waals surface area contributed by atoms with E-state index in [1.165, 1.54) is 24.1 Å². The lowest BCUT2D eigenvalue weighted by Gasteiger charge is -2.31. The van der Waals surface area contributed by atoms with E-state index in [-0.39, 0.29) is 12.1 Å². The average Bonchev–Trinajstić information content (AvgIpc) is 2.76. The summed E-state index contributed by atoms with van der Waals surface area (Å²) in [6, 6.07) is 8.25. The molecule has 1 saturated carbocycles. The number of carbonyl (C=O) groups excluding carboxylic acids is 1. The number of aromatic nitrogens is 2. The highest BCUT2D eigenvalue weighted by atomic mass is 35.5. The molecule has 0 aliphatic heterocycles. The summed E-state index contributed by atoms with van der Waals surface area (Å²) in [5, 5.41) is 7.38. The highest BCUT2D eigenvalue weighted by Gasteiger charge is 2.25. The Balaban J connectivity index is 1.48. The molecule has 2 aliphatic carbocycles. The number of amides is 1. The van der Waals surface area contributed by atoms with Gasteiger partial charge in [-0.1, -0.05) is 11.6 Å². The van der Waals surface area contributed by atoms with Gasteiger partial charge in [-0.2, -0.15) is 0 Å². The maximum Gasteiger partial charge on any atom is 0.407 e. The van der Waals surface area contributed by atoms with Crippen molar-refractivity contribution in [2.24, 2.45) is 0 Å². The number of fused-ring (bicyclic) bond motifs is 1. The van der Waals surface area contributed by atoms with Crippen LogP contribution < -0.4 is 10.6 Å². The van der Waals surface area contributed by atoms with Gasteiger partial charge in [-0.05, 0) is 82.6 Å². The van der Waals surface area contributed by atoms with E-state index in [1.54, 1.807) is 0 Å². The molecule has 30 heavy (non-hydrogen) atoms. The molecule has 0 spiro atoms. The van der Waals surface area contributed by atoms with E-state index in [4.69, 9.17) is 26.3 Å². The normalized spacial score (nSPS) is 20.9. The summed E-state index contributed by atoms with van der Waals surface area (Å²) in [5.41, 5.74) is 3.42. The quantitative estimate of drug-likeness (QED) is 0.689. The number of nitrogens with zero attached hydrogens (tertiary/aromatic N) is 2. The third-order valence-electron chi connectivity index (χ3n) is 5.95. The molecule has 1 fully saturated rings. The molecule has 0 radical (unpaired) electrons. The van der Waals surface area contributed by atoms with Gasteiger partial charge in [0.15, 0.2) is 5.82 Å². The Bertz CT molecular complexity index is 880. The van der Waals surface area contributed by atoms with Crippen LogP contribution in [-0.2, 0) is 17.6 Å². The Kier molecular flexibility index (Phi) is 6.72. The number of benzene rings is 1. The van der Waals surface area contributed by atoms with Gasteiger partial charge < -0.3 is 15.4 Å². The van der Waals surface area contributed by atoms with Crippen LogP contribution >= 0.6 is 11.6 Å². The van der Waals surface area contributed by atoms with Crippen molar-refractivity contribution in [3.63, 3.8) is 0 Å². The first-order valence-electron chi connectivity index (χ1n) is 11.0. The Morgan fingerprint density at radius 2 is 1.77 bits per heavy atom. The van der Waals surface area contributed by atoms with E-state index in [9.17, 15) is 4.79 Å². The van der Waals surface area contributed by atoms with E-state index in [0.29, 0.717) is 17.7 Å². The lowest BCUT2D eigenvalue weighted by atomic mass is 9.90. The van der Waals surface area contributed by atoms with Crippen LogP contribution in [0.2, 0.25) is 5.02 Å². The van der Waals surface area contributed by atoms with Crippen LogP contribution in [0.15, 0.2) is 24.3 Å². The molecule has 1 aromatic carbocycles. The third-order valence-corrected chi connectivity index (χ3v) is 6.20. The van der Waals surface area contributed by atoms with Crippen LogP contribution in [0.5, 0.6) is 0 Å². The number of alkyl carbamates (subject to hydrolysis) is 1. The minimum absolute atomic E-state index is 0.186. The van der Waals surface area contributed by atoms with Gasteiger partial charge in [0.2, 0.25) is 0 Å². The number of carbonyl (C=O) groups is 1. The second kappa shape index (κ2) is 9.65. The van der Waals surface area contributed by atoms with E-state index < -0.39 is 0 Å². The predicted molar refractivity (Wildman–Crippen MR) is 119 cm³/mol. The van der Waals surface area contributed by atoms with Crippen molar-refractivity contribution in [1.29, 1.82) is 0 Å². The molecule has 1 heterocycles. The molecule has 2 aromatic rings. The molecule has 1 aromatic heterocycles. The molecule has 1 amide bonds. The van der Waals surface area contributed by atoms with Gasteiger partial charge in [-0.15, -0.1) is 0 Å². The van der Waals surface area contributed by atoms with Crippen molar-refractivity contribution >= 4 is 23.5 Å². The van der Waals surface area contributed by atoms with Gasteiger partial charge in [0, 0.05) is 33.9 Å². The molecule has 6 nitrogen and oxygen atoms in total. The van der Waals surface area contributed by atoms with Gasteiger partial charge in [0.1, 0.15) is 5.82 Å². The predicted octanol–water partition coefficient (Wildman–Crippen LogP) is 5.15. The third kappa shape index (κ3) is 5.04. The van der Waals surface area contributed by atoms with Crippen LogP contribution in [0.1, 0.15) is 56.7 Å². The molecule has 2 aliphatic rings. The van der Waals surface area contributed by atoms with Gasteiger partial charge in [-0.25, -0.2) is 14.8 Å². The van der Waals surface area contributed by atoms with Gasteiger partial charge in [0.05, 0.1) is 6.61 Å². The monoisotopic (exact) mass is 428 g/mol. The summed E-state index contributed by atoms with van der Waals surface area (Å²) >= 11 is 6.05. The number of hydrogen-bond donors (Lipinski definition) is 2. The number of hydrogen-bond acceptors (Lipinski definition) is 5.